The molecule has 3 saturated heterocycles. The maximum Gasteiger partial charge on any atom is 0.213 e. The van der Waals surface area contributed by atoms with E-state index in [1.54, 1.807) is 7.05 Å². The van der Waals surface area contributed by atoms with Crippen LogP contribution in [0.15, 0.2) is 4.99 Å². The second-order valence-corrected chi connectivity index (χ2v) is 10.2. The molecule has 3 rings (SSSR count). The van der Waals surface area contributed by atoms with Gasteiger partial charge in [-0.1, -0.05) is 0 Å². The second kappa shape index (κ2) is 14.1. The maximum atomic E-state index is 12.3. The van der Waals surface area contributed by atoms with Gasteiger partial charge in [0.2, 0.25) is 10.0 Å². The van der Waals surface area contributed by atoms with Crippen molar-refractivity contribution >= 4 is 40.0 Å². The molecule has 3 heterocycles. The minimum Gasteiger partial charge on any atom is -0.377 e. The van der Waals surface area contributed by atoms with Crippen LogP contribution in [0.5, 0.6) is 0 Å². The highest BCUT2D eigenvalue weighted by molar-refractivity contribution is 14.0. The molecule has 0 amide bonds. The Labute approximate surface area is 204 Å². The molecule has 9 nitrogen and oxygen atoms in total. The topological polar surface area (TPSA) is 101 Å². The lowest BCUT2D eigenvalue weighted by molar-refractivity contribution is -0.0367. The van der Waals surface area contributed by atoms with Gasteiger partial charge in [-0.05, 0) is 44.9 Å². The Bertz CT molecular complexity index is 631. The van der Waals surface area contributed by atoms with Crippen molar-refractivity contribution in [1.29, 1.82) is 0 Å². The van der Waals surface area contributed by atoms with Crippen LogP contribution in [0.4, 0.5) is 0 Å². The summed E-state index contributed by atoms with van der Waals surface area (Å²) in [7, 11) is -1.61. The molecule has 0 aromatic heterocycles. The fraction of sp³-hybridized carbons (Fsp3) is 0.950. The van der Waals surface area contributed by atoms with Crippen LogP contribution in [0, 0.1) is 0 Å². The third-order valence-corrected chi connectivity index (χ3v) is 7.30. The highest BCUT2D eigenvalue weighted by atomic mass is 127. The van der Waals surface area contributed by atoms with E-state index in [2.05, 4.69) is 19.9 Å². The minimum absolute atomic E-state index is 0. The average molecular weight is 575 g/mol. The molecule has 0 spiro atoms. The molecule has 2 N–H and O–H groups in total. The van der Waals surface area contributed by atoms with Gasteiger partial charge in [0, 0.05) is 46.4 Å². The van der Waals surface area contributed by atoms with Gasteiger partial charge >= 0.3 is 0 Å². The van der Waals surface area contributed by atoms with Crippen LogP contribution in [0.1, 0.15) is 44.9 Å². The standard InChI is InChI=1S/C20H38N4O5S.HI/c1-21-20(22-9-14-30(25,26)23-15-18-5-2-3-12-27-18)24-10-7-17(8-11-24)29-16-19-6-4-13-28-19;/h17-19,23H,2-16H2,1H3,(H,21,22);1H. The Morgan fingerprint density at radius 1 is 1.06 bits per heavy atom. The molecule has 31 heavy (non-hydrogen) atoms. The zero-order valence-corrected chi connectivity index (χ0v) is 21.7. The first-order chi connectivity index (χ1) is 14.6. The predicted octanol–water partition coefficient (Wildman–Crippen LogP) is 1.33. The van der Waals surface area contributed by atoms with Crippen molar-refractivity contribution < 1.29 is 22.6 Å². The highest BCUT2D eigenvalue weighted by Gasteiger charge is 2.24. The zero-order valence-electron chi connectivity index (χ0n) is 18.6. The quantitative estimate of drug-likeness (QED) is 0.244. The van der Waals surface area contributed by atoms with Crippen LogP contribution in [0.2, 0.25) is 0 Å². The molecule has 2 unspecified atom stereocenters. The van der Waals surface area contributed by atoms with Crippen molar-refractivity contribution in [2.24, 2.45) is 4.99 Å². The summed E-state index contributed by atoms with van der Waals surface area (Å²) in [6.07, 6.45) is 7.70. The van der Waals surface area contributed by atoms with Crippen LogP contribution in [0.25, 0.3) is 0 Å². The smallest absolute Gasteiger partial charge is 0.213 e. The molecule has 3 fully saturated rings. The number of aliphatic imine (C=N–C) groups is 1. The van der Waals surface area contributed by atoms with E-state index >= 15 is 0 Å². The number of piperidine rings is 1. The van der Waals surface area contributed by atoms with Gasteiger partial charge in [-0.25, -0.2) is 13.1 Å². The number of ether oxygens (including phenoxy) is 3. The number of guanidine groups is 1. The molecule has 0 aliphatic carbocycles. The highest BCUT2D eigenvalue weighted by Crippen LogP contribution is 2.18. The normalized spacial score (nSPS) is 26.0. The summed E-state index contributed by atoms with van der Waals surface area (Å²) >= 11 is 0. The van der Waals surface area contributed by atoms with Crippen LogP contribution < -0.4 is 10.0 Å². The summed E-state index contributed by atoms with van der Waals surface area (Å²) in [5, 5.41) is 3.19. The van der Waals surface area contributed by atoms with Crippen LogP contribution in [-0.2, 0) is 24.2 Å². The third kappa shape index (κ3) is 9.66. The van der Waals surface area contributed by atoms with E-state index in [1.165, 1.54) is 0 Å². The largest absolute Gasteiger partial charge is 0.377 e. The number of halogens is 1. The molecule has 0 bridgehead atoms. The molecule has 182 valence electrons. The first-order valence-corrected chi connectivity index (χ1v) is 13.0. The van der Waals surface area contributed by atoms with Crippen molar-refractivity contribution in [3.05, 3.63) is 0 Å². The van der Waals surface area contributed by atoms with E-state index in [0.29, 0.717) is 19.7 Å². The van der Waals surface area contributed by atoms with Crippen LogP contribution in [0.3, 0.4) is 0 Å². The van der Waals surface area contributed by atoms with Gasteiger partial charge in [0.1, 0.15) is 0 Å². The number of likely N-dealkylation sites (tertiary alicyclic amines) is 1. The first kappa shape index (κ1) is 27.0. The van der Waals surface area contributed by atoms with Gasteiger partial charge in [-0.2, -0.15) is 0 Å². The molecular weight excluding hydrogens is 535 g/mol. The maximum absolute atomic E-state index is 12.3. The number of nitrogens with one attached hydrogen (secondary N) is 2. The summed E-state index contributed by atoms with van der Waals surface area (Å²) in [5.74, 6) is 0.762. The van der Waals surface area contributed by atoms with Crippen molar-refractivity contribution in [3.8, 4) is 0 Å². The van der Waals surface area contributed by atoms with Crippen LogP contribution >= 0.6 is 24.0 Å². The van der Waals surface area contributed by atoms with Gasteiger partial charge in [0.25, 0.3) is 0 Å². The lowest BCUT2D eigenvalue weighted by Gasteiger charge is -2.34. The Kier molecular flexibility index (Phi) is 12.3. The van der Waals surface area contributed by atoms with E-state index < -0.39 is 10.0 Å². The molecule has 0 saturated carbocycles. The van der Waals surface area contributed by atoms with E-state index in [0.717, 1.165) is 77.2 Å². The molecule has 2 atom stereocenters. The van der Waals surface area contributed by atoms with E-state index in [4.69, 9.17) is 14.2 Å². The van der Waals surface area contributed by atoms with Crippen molar-refractivity contribution in [3.63, 3.8) is 0 Å². The molecule has 3 aliphatic rings. The van der Waals surface area contributed by atoms with Crippen LogP contribution in [-0.4, -0.2) is 96.4 Å². The van der Waals surface area contributed by atoms with E-state index in [1.807, 2.05) is 0 Å². The van der Waals surface area contributed by atoms with Crippen molar-refractivity contribution in [2.75, 3.05) is 58.8 Å². The summed E-state index contributed by atoms with van der Waals surface area (Å²) in [4.78, 5) is 6.49. The molecular formula is C20H39IN4O5S. The molecule has 0 aromatic rings. The first-order valence-electron chi connectivity index (χ1n) is 11.3. The lowest BCUT2D eigenvalue weighted by Crippen LogP contribution is -2.48. The summed E-state index contributed by atoms with van der Waals surface area (Å²) in [6, 6.07) is 0. The Morgan fingerprint density at radius 3 is 2.42 bits per heavy atom. The fourth-order valence-corrected chi connectivity index (χ4v) is 5.10. The van der Waals surface area contributed by atoms with Gasteiger partial charge < -0.3 is 24.4 Å². The Morgan fingerprint density at radius 2 is 1.77 bits per heavy atom. The number of hydrogen-bond acceptors (Lipinski definition) is 6. The predicted molar refractivity (Wildman–Crippen MR) is 132 cm³/mol. The van der Waals surface area contributed by atoms with E-state index in [9.17, 15) is 8.42 Å². The number of hydrogen-bond donors (Lipinski definition) is 2. The molecule has 11 heteroatoms. The Hall–Kier alpha value is -0.210. The lowest BCUT2D eigenvalue weighted by atomic mass is 10.1. The van der Waals surface area contributed by atoms with E-state index in [-0.39, 0.29) is 48.0 Å². The number of nitrogens with zero attached hydrogens (tertiary/aromatic N) is 2. The fourth-order valence-electron chi connectivity index (χ4n) is 4.14. The Balaban J connectivity index is 0.00000341. The van der Waals surface area contributed by atoms with Crippen molar-refractivity contribution in [1.82, 2.24) is 14.9 Å². The average Bonchev–Trinajstić information content (AvgIpc) is 3.29. The molecule has 3 aliphatic heterocycles. The summed E-state index contributed by atoms with van der Waals surface area (Å²) in [6.45, 7) is 4.64. The molecule has 0 aromatic carbocycles. The second-order valence-electron chi connectivity index (χ2n) is 8.28. The number of sulfonamides is 1. The van der Waals surface area contributed by atoms with Crippen molar-refractivity contribution in [2.45, 2.75) is 63.3 Å². The number of rotatable bonds is 9. The van der Waals surface area contributed by atoms with Gasteiger partial charge in [0.15, 0.2) is 5.96 Å². The molecule has 0 radical (unpaired) electrons. The van der Waals surface area contributed by atoms with Gasteiger partial charge in [0.05, 0.1) is 30.7 Å². The minimum atomic E-state index is -3.34. The van der Waals surface area contributed by atoms with Gasteiger partial charge in [-0.3, -0.25) is 4.99 Å². The summed E-state index contributed by atoms with van der Waals surface area (Å²) in [5.41, 5.74) is 0. The summed E-state index contributed by atoms with van der Waals surface area (Å²) < 4.78 is 44.4. The third-order valence-electron chi connectivity index (χ3n) is 5.95. The SMILES string of the molecule is CN=C(NCCS(=O)(=O)NCC1CCCCO1)N1CCC(OCC2CCCO2)CC1.I. The monoisotopic (exact) mass is 574 g/mol. The zero-order chi connectivity index (χ0) is 21.2. The van der Waals surface area contributed by atoms with Gasteiger partial charge in [-0.15, -0.1) is 24.0 Å².